The van der Waals surface area contributed by atoms with Gasteiger partial charge in [0, 0.05) is 18.9 Å². The fourth-order valence-corrected chi connectivity index (χ4v) is 1.62. The van der Waals surface area contributed by atoms with Crippen LogP contribution in [0.5, 0.6) is 0 Å². The molecule has 0 radical (unpaired) electrons. The van der Waals surface area contributed by atoms with Gasteiger partial charge in [0.15, 0.2) is 0 Å². The Morgan fingerprint density at radius 3 is 2.89 bits per heavy atom. The van der Waals surface area contributed by atoms with Crippen molar-refractivity contribution >= 4 is 17.5 Å². The van der Waals surface area contributed by atoms with Crippen molar-refractivity contribution in [3.8, 4) is 0 Å². The predicted octanol–water partition coefficient (Wildman–Crippen LogP) is 1.28. The van der Waals surface area contributed by atoms with Crippen molar-refractivity contribution < 1.29 is 4.92 Å². The molecule has 0 saturated heterocycles. The molecule has 0 aliphatic carbocycles. The molecule has 2 aromatic rings. The highest BCUT2D eigenvalue weighted by Crippen LogP contribution is 2.25. The average molecular weight is 260 g/mol. The Balaban J connectivity index is 2.27. The first-order chi connectivity index (χ1) is 9.08. The first-order valence-corrected chi connectivity index (χ1v) is 5.49. The molecule has 2 heterocycles. The number of aromatic nitrogens is 3. The lowest BCUT2D eigenvalue weighted by Gasteiger charge is -2.07. The van der Waals surface area contributed by atoms with E-state index in [0.29, 0.717) is 6.54 Å². The van der Waals surface area contributed by atoms with Crippen LogP contribution in [-0.2, 0) is 6.54 Å². The number of anilines is 2. The molecule has 0 spiro atoms. The van der Waals surface area contributed by atoms with E-state index in [4.69, 9.17) is 5.73 Å². The van der Waals surface area contributed by atoms with Gasteiger partial charge in [-0.15, -0.1) is 0 Å². The highest BCUT2D eigenvalue weighted by atomic mass is 16.6. The minimum atomic E-state index is -0.527. The molecule has 3 N–H and O–H groups in total. The van der Waals surface area contributed by atoms with E-state index in [2.05, 4.69) is 20.3 Å². The van der Waals surface area contributed by atoms with Crippen LogP contribution < -0.4 is 11.1 Å². The van der Waals surface area contributed by atoms with Crippen LogP contribution in [-0.4, -0.2) is 19.9 Å². The Morgan fingerprint density at radius 1 is 1.47 bits per heavy atom. The van der Waals surface area contributed by atoms with Gasteiger partial charge in [0.05, 0.1) is 4.92 Å². The lowest BCUT2D eigenvalue weighted by Crippen LogP contribution is -2.09. The average Bonchev–Trinajstić information content (AvgIpc) is 2.36. The molecule has 0 aliphatic rings. The van der Waals surface area contributed by atoms with Crippen molar-refractivity contribution in [1.29, 1.82) is 0 Å². The quantitative estimate of drug-likeness (QED) is 0.627. The zero-order chi connectivity index (χ0) is 13.8. The largest absolute Gasteiger partial charge is 0.368 e. The second kappa shape index (κ2) is 5.25. The normalized spacial score (nSPS) is 10.2. The molecule has 0 aromatic carbocycles. The number of nitro groups is 1. The number of pyridine rings is 1. The molecule has 2 rings (SSSR count). The monoisotopic (exact) mass is 260 g/mol. The molecule has 8 heteroatoms. The second-order valence-electron chi connectivity index (χ2n) is 3.84. The zero-order valence-corrected chi connectivity index (χ0v) is 10.2. The summed E-state index contributed by atoms with van der Waals surface area (Å²) in [5.41, 5.74) is 6.44. The summed E-state index contributed by atoms with van der Waals surface area (Å²) in [5.74, 6) is 0.107. The van der Waals surface area contributed by atoms with Gasteiger partial charge < -0.3 is 11.1 Å². The highest BCUT2D eigenvalue weighted by Gasteiger charge is 2.21. The van der Waals surface area contributed by atoms with E-state index in [1.807, 2.05) is 6.07 Å². The van der Waals surface area contributed by atoms with Crippen LogP contribution in [0.4, 0.5) is 17.5 Å². The third kappa shape index (κ3) is 2.92. The van der Waals surface area contributed by atoms with Crippen LogP contribution >= 0.6 is 0 Å². The van der Waals surface area contributed by atoms with E-state index < -0.39 is 4.92 Å². The van der Waals surface area contributed by atoms with Gasteiger partial charge in [-0.3, -0.25) is 15.1 Å². The molecule has 0 bridgehead atoms. The van der Waals surface area contributed by atoms with Crippen LogP contribution in [0.2, 0.25) is 0 Å². The zero-order valence-electron chi connectivity index (χ0n) is 10.2. The Bertz CT molecular complexity index is 602. The lowest BCUT2D eigenvalue weighted by atomic mass is 10.3. The Morgan fingerprint density at radius 2 is 2.26 bits per heavy atom. The van der Waals surface area contributed by atoms with Gasteiger partial charge in [-0.25, -0.2) is 4.98 Å². The second-order valence-corrected chi connectivity index (χ2v) is 3.84. The van der Waals surface area contributed by atoms with Crippen molar-refractivity contribution in [2.75, 3.05) is 11.1 Å². The molecule has 8 nitrogen and oxygen atoms in total. The molecular formula is C11H12N6O2. The van der Waals surface area contributed by atoms with Gasteiger partial charge >= 0.3 is 5.69 Å². The van der Waals surface area contributed by atoms with E-state index >= 15 is 0 Å². The molecule has 2 aromatic heterocycles. The van der Waals surface area contributed by atoms with Crippen molar-refractivity contribution in [3.05, 3.63) is 45.9 Å². The van der Waals surface area contributed by atoms with Gasteiger partial charge in [0.25, 0.3) is 0 Å². The molecule has 0 atom stereocenters. The Kier molecular flexibility index (Phi) is 3.51. The maximum absolute atomic E-state index is 11.0. The van der Waals surface area contributed by atoms with Gasteiger partial charge in [0.1, 0.15) is 5.69 Å². The van der Waals surface area contributed by atoms with Crippen molar-refractivity contribution in [3.63, 3.8) is 0 Å². The number of aryl methyl sites for hydroxylation is 1. The van der Waals surface area contributed by atoms with Crippen molar-refractivity contribution in [2.45, 2.75) is 13.5 Å². The van der Waals surface area contributed by atoms with Gasteiger partial charge in [-0.2, -0.15) is 4.98 Å². The summed E-state index contributed by atoms with van der Waals surface area (Å²) in [4.78, 5) is 22.1. The Hall–Kier alpha value is -2.77. The van der Waals surface area contributed by atoms with Crippen LogP contribution in [0, 0.1) is 17.0 Å². The third-order valence-electron chi connectivity index (χ3n) is 2.44. The topological polar surface area (TPSA) is 120 Å². The summed E-state index contributed by atoms with van der Waals surface area (Å²) in [6.45, 7) is 1.88. The van der Waals surface area contributed by atoms with E-state index in [0.717, 1.165) is 5.56 Å². The summed E-state index contributed by atoms with van der Waals surface area (Å²) < 4.78 is 0. The third-order valence-corrected chi connectivity index (χ3v) is 2.44. The summed E-state index contributed by atoms with van der Waals surface area (Å²) in [7, 11) is 0. The fraction of sp³-hybridized carbons (Fsp3) is 0.182. The van der Waals surface area contributed by atoms with E-state index in [1.165, 1.54) is 6.92 Å². The van der Waals surface area contributed by atoms with E-state index in [-0.39, 0.29) is 23.1 Å². The summed E-state index contributed by atoms with van der Waals surface area (Å²) in [5, 5.41) is 13.9. The minimum absolute atomic E-state index is 0.00298. The van der Waals surface area contributed by atoms with Gasteiger partial charge in [-0.05, 0) is 18.6 Å². The first-order valence-electron chi connectivity index (χ1n) is 5.49. The molecule has 0 aliphatic heterocycles. The molecular weight excluding hydrogens is 248 g/mol. The number of nitrogen functional groups attached to an aromatic ring is 1. The van der Waals surface area contributed by atoms with Crippen LogP contribution in [0.1, 0.15) is 11.3 Å². The molecule has 0 unspecified atom stereocenters. The molecule has 0 saturated carbocycles. The first kappa shape index (κ1) is 12.7. The minimum Gasteiger partial charge on any atom is -0.368 e. The number of hydrogen-bond donors (Lipinski definition) is 2. The van der Waals surface area contributed by atoms with Crippen LogP contribution in [0.3, 0.4) is 0 Å². The number of nitrogens with zero attached hydrogens (tertiary/aromatic N) is 4. The number of hydrogen-bond acceptors (Lipinski definition) is 7. The van der Waals surface area contributed by atoms with Crippen molar-refractivity contribution in [1.82, 2.24) is 15.0 Å². The highest BCUT2D eigenvalue weighted by molar-refractivity contribution is 5.60. The summed E-state index contributed by atoms with van der Waals surface area (Å²) in [6, 6.07) is 3.63. The fourth-order valence-electron chi connectivity index (χ4n) is 1.62. The predicted molar refractivity (Wildman–Crippen MR) is 69.4 cm³/mol. The summed E-state index contributed by atoms with van der Waals surface area (Å²) >= 11 is 0. The summed E-state index contributed by atoms with van der Waals surface area (Å²) in [6.07, 6.45) is 3.31. The van der Waals surface area contributed by atoms with Gasteiger partial charge in [0.2, 0.25) is 11.8 Å². The standard InChI is InChI=1S/C11H12N6O2/c1-7-9(17(18)19)10(16-11(12)15-7)14-6-8-3-2-4-13-5-8/h2-5H,6H2,1H3,(H3,12,14,15,16). The number of nitrogens with one attached hydrogen (secondary N) is 1. The van der Waals surface area contributed by atoms with E-state index in [9.17, 15) is 10.1 Å². The smallest absolute Gasteiger partial charge is 0.332 e. The maximum Gasteiger partial charge on any atom is 0.332 e. The molecule has 0 fully saturated rings. The van der Waals surface area contributed by atoms with Crippen molar-refractivity contribution in [2.24, 2.45) is 0 Å². The molecule has 0 amide bonds. The van der Waals surface area contributed by atoms with E-state index in [1.54, 1.807) is 18.5 Å². The Labute approximate surface area is 108 Å². The number of nitrogens with two attached hydrogens (primary N) is 1. The van der Waals surface area contributed by atoms with Crippen LogP contribution in [0.25, 0.3) is 0 Å². The van der Waals surface area contributed by atoms with Crippen LogP contribution in [0.15, 0.2) is 24.5 Å². The lowest BCUT2D eigenvalue weighted by molar-refractivity contribution is -0.385. The molecule has 19 heavy (non-hydrogen) atoms. The van der Waals surface area contributed by atoms with Gasteiger partial charge in [-0.1, -0.05) is 6.07 Å². The number of rotatable bonds is 4. The maximum atomic E-state index is 11.0. The SMILES string of the molecule is Cc1nc(N)nc(NCc2cccnc2)c1[N+](=O)[O-]. The molecule has 98 valence electrons.